The molecule has 6 nitrogen and oxygen atoms in total. The molecule has 3 rings (SSSR count). The highest BCUT2D eigenvalue weighted by molar-refractivity contribution is 5.80. The molecule has 1 aromatic heterocycles. The molecule has 116 valence electrons. The molecule has 1 atom stereocenters. The number of rotatable bonds is 5. The monoisotopic (exact) mass is 308 g/mol. The fourth-order valence-electron chi connectivity index (χ4n) is 2.36. The number of carbonyl (C=O) groups is 1. The molecular formula is C17H16N4O2. The minimum absolute atomic E-state index is 0.256. The standard InChI is InChI=1S/C17H16N4O2/c1-2-16(13-6-4-3-5-7-13)17(22)23-15-10-8-14(9-11-15)21-12-18-19-20-21/h3-12,16H,2H2,1H3. The van der Waals surface area contributed by atoms with Gasteiger partial charge in [0.25, 0.3) is 0 Å². The Morgan fingerprint density at radius 1 is 1.13 bits per heavy atom. The Labute approximate surface area is 133 Å². The summed E-state index contributed by atoms with van der Waals surface area (Å²) in [6.45, 7) is 1.97. The Kier molecular flexibility index (Phi) is 4.42. The van der Waals surface area contributed by atoms with Crippen molar-refractivity contribution in [2.75, 3.05) is 0 Å². The zero-order valence-electron chi connectivity index (χ0n) is 12.7. The van der Waals surface area contributed by atoms with Gasteiger partial charge in [-0.3, -0.25) is 4.79 Å². The lowest BCUT2D eigenvalue weighted by atomic mass is 9.97. The lowest BCUT2D eigenvalue weighted by molar-refractivity contribution is -0.136. The highest BCUT2D eigenvalue weighted by Gasteiger charge is 2.20. The van der Waals surface area contributed by atoms with Crippen molar-refractivity contribution >= 4 is 5.97 Å². The van der Waals surface area contributed by atoms with E-state index in [1.165, 1.54) is 11.0 Å². The number of aromatic nitrogens is 4. The molecule has 1 heterocycles. The van der Waals surface area contributed by atoms with E-state index >= 15 is 0 Å². The first-order chi connectivity index (χ1) is 11.3. The summed E-state index contributed by atoms with van der Waals surface area (Å²) in [5.41, 5.74) is 1.76. The Morgan fingerprint density at radius 2 is 1.87 bits per heavy atom. The molecule has 0 aliphatic rings. The summed E-state index contributed by atoms with van der Waals surface area (Å²) in [5.74, 6) is -0.0227. The van der Waals surface area contributed by atoms with Gasteiger partial charge in [-0.1, -0.05) is 37.3 Å². The first kappa shape index (κ1) is 14.9. The second-order valence-corrected chi connectivity index (χ2v) is 5.04. The molecule has 0 N–H and O–H groups in total. The molecule has 0 fully saturated rings. The van der Waals surface area contributed by atoms with Gasteiger partial charge in [-0.25, -0.2) is 4.68 Å². The largest absolute Gasteiger partial charge is 0.426 e. The van der Waals surface area contributed by atoms with Crippen molar-refractivity contribution in [2.24, 2.45) is 0 Å². The van der Waals surface area contributed by atoms with Crippen LogP contribution in [0.3, 0.4) is 0 Å². The van der Waals surface area contributed by atoms with E-state index in [4.69, 9.17) is 4.74 Å². The predicted octanol–water partition coefficient (Wildman–Crippen LogP) is 2.76. The SMILES string of the molecule is CCC(C(=O)Oc1ccc(-n2cnnn2)cc1)c1ccccc1. The molecular weight excluding hydrogens is 292 g/mol. The number of benzene rings is 2. The summed E-state index contributed by atoms with van der Waals surface area (Å²) in [7, 11) is 0. The predicted molar refractivity (Wildman–Crippen MR) is 84.3 cm³/mol. The topological polar surface area (TPSA) is 69.9 Å². The molecule has 0 spiro atoms. The maximum absolute atomic E-state index is 12.4. The van der Waals surface area contributed by atoms with Crippen molar-refractivity contribution < 1.29 is 9.53 Å². The Morgan fingerprint density at radius 3 is 2.48 bits per heavy atom. The number of hydrogen-bond acceptors (Lipinski definition) is 5. The van der Waals surface area contributed by atoms with Crippen LogP contribution in [0.25, 0.3) is 5.69 Å². The van der Waals surface area contributed by atoms with Crippen molar-refractivity contribution in [1.29, 1.82) is 0 Å². The molecule has 23 heavy (non-hydrogen) atoms. The van der Waals surface area contributed by atoms with E-state index in [-0.39, 0.29) is 11.9 Å². The van der Waals surface area contributed by atoms with Gasteiger partial charge >= 0.3 is 5.97 Å². The molecule has 3 aromatic rings. The highest BCUT2D eigenvalue weighted by Crippen LogP contribution is 2.23. The van der Waals surface area contributed by atoms with E-state index in [0.717, 1.165) is 11.3 Å². The summed E-state index contributed by atoms with van der Waals surface area (Å²) in [4.78, 5) is 12.4. The van der Waals surface area contributed by atoms with Crippen molar-refractivity contribution in [2.45, 2.75) is 19.3 Å². The molecule has 0 aliphatic heterocycles. The number of nitrogens with zero attached hydrogens (tertiary/aromatic N) is 4. The van der Waals surface area contributed by atoms with Crippen LogP contribution in [0.4, 0.5) is 0 Å². The number of carbonyl (C=O) groups excluding carboxylic acids is 1. The summed E-state index contributed by atoms with van der Waals surface area (Å²) < 4.78 is 7.03. The van der Waals surface area contributed by atoms with E-state index < -0.39 is 0 Å². The third-order valence-electron chi connectivity index (χ3n) is 3.56. The minimum Gasteiger partial charge on any atom is -0.426 e. The van der Waals surface area contributed by atoms with E-state index in [2.05, 4.69) is 15.5 Å². The first-order valence-corrected chi connectivity index (χ1v) is 7.38. The molecule has 0 aliphatic carbocycles. The van der Waals surface area contributed by atoms with E-state index in [0.29, 0.717) is 12.2 Å². The molecule has 0 radical (unpaired) electrons. The normalized spacial score (nSPS) is 11.9. The lowest BCUT2D eigenvalue weighted by Crippen LogP contribution is -2.18. The minimum atomic E-state index is -0.268. The van der Waals surface area contributed by atoms with Gasteiger partial charge in [0.05, 0.1) is 11.6 Å². The third kappa shape index (κ3) is 3.42. The average Bonchev–Trinajstić information content (AvgIpc) is 3.12. The van der Waals surface area contributed by atoms with Crippen LogP contribution in [-0.4, -0.2) is 26.2 Å². The summed E-state index contributed by atoms with van der Waals surface area (Å²) in [6.07, 6.45) is 2.19. The van der Waals surface area contributed by atoms with E-state index in [1.54, 1.807) is 24.3 Å². The second kappa shape index (κ2) is 6.83. The summed E-state index contributed by atoms with van der Waals surface area (Å²) >= 11 is 0. The van der Waals surface area contributed by atoms with Crippen LogP contribution in [0.2, 0.25) is 0 Å². The van der Waals surface area contributed by atoms with Gasteiger partial charge in [0.2, 0.25) is 0 Å². The van der Waals surface area contributed by atoms with Gasteiger partial charge in [-0.05, 0) is 46.7 Å². The third-order valence-corrected chi connectivity index (χ3v) is 3.56. The quantitative estimate of drug-likeness (QED) is 0.535. The van der Waals surface area contributed by atoms with Gasteiger partial charge in [0.1, 0.15) is 12.1 Å². The lowest BCUT2D eigenvalue weighted by Gasteiger charge is -2.14. The maximum Gasteiger partial charge on any atom is 0.318 e. The van der Waals surface area contributed by atoms with Crippen molar-refractivity contribution in [3.63, 3.8) is 0 Å². The van der Waals surface area contributed by atoms with E-state index in [9.17, 15) is 4.79 Å². The zero-order valence-corrected chi connectivity index (χ0v) is 12.7. The van der Waals surface area contributed by atoms with Gasteiger partial charge in [0, 0.05) is 0 Å². The smallest absolute Gasteiger partial charge is 0.318 e. The summed E-state index contributed by atoms with van der Waals surface area (Å²) in [6, 6.07) is 16.7. The molecule has 0 saturated carbocycles. The fraction of sp³-hybridized carbons (Fsp3) is 0.176. The molecule has 0 amide bonds. The number of hydrogen-bond donors (Lipinski definition) is 0. The second-order valence-electron chi connectivity index (χ2n) is 5.04. The number of esters is 1. The van der Waals surface area contributed by atoms with Crippen LogP contribution >= 0.6 is 0 Å². The summed E-state index contributed by atoms with van der Waals surface area (Å²) in [5, 5.41) is 11.0. The van der Waals surface area contributed by atoms with Gasteiger partial charge < -0.3 is 4.74 Å². The van der Waals surface area contributed by atoms with Crippen LogP contribution in [0.15, 0.2) is 60.9 Å². The number of ether oxygens (including phenoxy) is 1. The Hall–Kier alpha value is -3.02. The molecule has 0 saturated heterocycles. The molecule has 2 aromatic carbocycles. The molecule has 0 bridgehead atoms. The van der Waals surface area contributed by atoms with Crippen LogP contribution in [0.1, 0.15) is 24.8 Å². The fourth-order valence-corrected chi connectivity index (χ4v) is 2.36. The zero-order chi connectivity index (χ0) is 16.1. The average molecular weight is 308 g/mol. The van der Waals surface area contributed by atoms with Crippen LogP contribution in [0.5, 0.6) is 5.75 Å². The molecule has 6 heteroatoms. The van der Waals surface area contributed by atoms with Crippen LogP contribution < -0.4 is 4.74 Å². The van der Waals surface area contributed by atoms with Crippen molar-refractivity contribution in [1.82, 2.24) is 20.2 Å². The van der Waals surface area contributed by atoms with Crippen molar-refractivity contribution in [3.05, 3.63) is 66.5 Å². The Balaban J connectivity index is 1.72. The first-order valence-electron chi connectivity index (χ1n) is 7.38. The van der Waals surface area contributed by atoms with Crippen LogP contribution in [-0.2, 0) is 4.79 Å². The van der Waals surface area contributed by atoms with Gasteiger partial charge in [-0.15, -0.1) is 5.10 Å². The van der Waals surface area contributed by atoms with Crippen molar-refractivity contribution in [3.8, 4) is 11.4 Å². The Bertz CT molecular complexity index is 755. The molecule has 1 unspecified atom stereocenters. The highest BCUT2D eigenvalue weighted by atomic mass is 16.5. The van der Waals surface area contributed by atoms with Crippen LogP contribution in [0, 0.1) is 0 Å². The van der Waals surface area contributed by atoms with Gasteiger partial charge in [-0.2, -0.15) is 0 Å². The van der Waals surface area contributed by atoms with E-state index in [1.807, 2.05) is 37.3 Å². The van der Waals surface area contributed by atoms with Gasteiger partial charge in [0.15, 0.2) is 0 Å². The number of tetrazole rings is 1. The maximum atomic E-state index is 12.4.